The summed E-state index contributed by atoms with van der Waals surface area (Å²) in [7, 11) is 1.86. The third-order valence-corrected chi connectivity index (χ3v) is 10.9. The molecule has 4 aromatic rings. The molecule has 268 valence electrons. The van der Waals surface area contributed by atoms with Crippen LogP contribution >= 0.6 is 11.6 Å². The number of nitriles is 2. The number of halogens is 3. The highest BCUT2D eigenvalue weighted by Crippen LogP contribution is 2.53. The molecule has 1 aliphatic heterocycles. The minimum atomic E-state index is -2.70. The molecule has 1 spiro atoms. The highest BCUT2D eigenvalue weighted by Gasteiger charge is 2.58. The van der Waals surface area contributed by atoms with Crippen molar-refractivity contribution in [3.8, 4) is 12.1 Å². The molecular formula is C37H38ClF2N11O. The van der Waals surface area contributed by atoms with Gasteiger partial charge in [-0.25, -0.2) is 13.8 Å². The summed E-state index contributed by atoms with van der Waals surface area (Å²) in [4.78, 5) is 21.5. The Morgan fingerprint density at radius 2 is 2.12 bits per heavy atom. The molecule has 6 rings (SSSR count). The molecule has 4 atom stereocenters. The number of hydrogen-bond acceptors (Lipinski definition) is 9. The third kappa shape index (κ3) is 6.62. The molecule has 1 saturated carbocycles. The zero-order valence-electron chi connectivity index (χ0n) is 28.9. The standard InChI is InChI=1S/C37H38ClF2N11O/c1-21-11-30-28(17-46-49-30)33(34(21)38)32(35(43)23-6-7-31-24(12-23)16-47-50(31)3)22(2)48-25-5-4-9-37(29(13-25)36(39)40)14-27(8-10-41)51(37)18-26(15-42)45-19-44-20-52/h6-7,11-12,16-20,25,27,29,36H,4-5,8-9,13-14,43H2,1-3H3,(H,46,49)(H,44,45,52)/b26-18-,35-32+,48-22?. The van der Waals surface area contributed by atoms with Crippen LogP contribution in [0.3, 0.4) is 0 Å². The average molecular weight is 726 g/mol. The molecule has 2 aliphatic rings. The van der Waals surface area contributed by atoms with E-state index in [0.29, 0.717) is 59.7 Å². The molecule has 0 radical (unpaired) electrons. The van der Waals surface area contributed by atoms with Crippen molar-refractivity contribution in [3.05, 3.63) is 70.3 Å². The minimum Gasteiger partial charge on any atom is -0.398 e. The van der Waals surface area contributed by atoms with Gasteiger partial charge in [0, 0.05) is 58.5 Å². The van der Waals surface area contributed by atoms with Gasteiger partial charge in [0.2, 0.25) is 12.8 Å². The Morgan fingerprint density at radius 3 is 2.85 bits per heavy atom. The molecule has 52 heavy (non-hydrogen) atoms. The maximum Gasteiger partial charge on any atom is 0.243 e. The van der Waals surface area contributed by atoms with Gasteiger partial charge in [0.1, 0.15) is 6.07 Å². The fourth-order valence-corrected chi connectivity index (χ4v) is 8.24. The van der Waals surface area contributed by atoms with E-state index in [0.717, 1.165) is 39.3 Å². The number of aromatic amines is 1. The van der Waals surface area contributed by atoms with Gasteiger partial charge in [-0.15, -0.1) is 0 Å². The Labute approximate surface area is 304 Å². The number of hydrogen-bond donors (Lipinski definition) is 3. The first-order chi connectivity index (χ1) is 25.0. The summed E-state index contributed by atoms with van der Waals surface area (Å²) in [5.41, 5.74) is 11.4. The SMILES string of the molecule is CC(=NC1CCCC2(CC(CC#N)N2/C=C(/C#N)N=CNC=O)C(C(F)F)C1)/C(=C(\N)c1ccc2c(cnn2C)c1)c1c(Cl)c(C)cc2[nH]ncc12. The number of aryl methyl sites for hydroxylation is 2. The number of alkyl halides is 2. The van der Waals surface area contributed by atoms with E-state index < -0.39 is 23.9 Å². The number of H-pyrrole nitrogens is 1. The summed E-state index contributed by atoms with van der Waals surface area (Å²) in [5.74, 6) is -1.12. The molecule has 1 aliphatic carbocycles. The second kappa shape index (κ2) is 14.9. The van der Waals surface area contributed by atoms with Gasteiger partial charge in [0.05, 0.1) is 58.9 Å². The fraction of sp³-hybridized carbons (Fsp3) is 0.378. The van der Waals surface area contributed by atoms with Crippen LogP contribution in [0.1, 0.15) is 62.1 Å². The quantitative estimate of drug-likeness (QED) is 0.0558. The molecule has 4 N–H and O–H groups in total. The molecule has 1 amide bonds. The maximum absolute atomic E-state index is 15.3. The van der Waals surface area contributed by atoms with Crippen LogP contribution in [0.25, 0.3) is 33.1 Å². The van der Waals surface area contributed by atoms with Gasteiger partial charge in [0.25, 0.3) is 0 Å². The Hall–Kier alpha value is -5.60. The van der Waals surface area contributed by atoms with E-state index in [1.165, 1.54) is 6.20 Å². The number of aliphatic imine (C=N–C) groups is 2. The molecule has 15 heteroatoms. The van der Waals surface area contributed by atoms with Crippen LogP contribution in [0.4, 0.5) is 8.78 Å². The topological polar surface area (TPSA) is 177 Å². The summed E-state index contributed by atoms with van der Waals surface area (Å²) in [6.45, 7) is 3.73. The lowest BCUT2D eigenvalue weighted by Gasteiger charge is -2.61. The molecule has 12 nitrogen and oxygen atoms in total. The van der Waals surface area contributed by atoms with Gasteiger partial charge >= 0.3 is 0 Å². The van der Waals surface area contributed by atoms with Crippen LogP contribution < -0.4 is 11.1 Å². The van der Waals surface area contributed by atoms with E-state index >= 15 is 8.78 Å². The third-order valence-electron chi connectivity index (χ3n) is 10.4. The fourth-order valence-electron chi connectivity index (χ4n) is 7.99. The summed E-state index contributed by atoms with van der Waals surface area (Å²) in [6, 6.07) is 11.0. The Bertz CT molecular complexity index is 2220. The molecule has 1 saturated heterocycles. The number of allylic oxidation sites excluding steroid dienone is 2. The van der Waals surface area contributed by atoms with Crippen molar-refractivity contribution in [2.24, 2.45) is 28.7 Å². The number of carbonyl (C=O) groups is 1. The lowest BCUT2D eigenvalue weighted by atomic mass is 9.66. The van der Waals surface area contributed by atoms with Crippen LogP contribution in [0.2, 0.25) is 5.02 Å². The molecule has 3 heterocycles. The molecular weight excluding hydrogens is 688 g/mol. The number of amides is 1. The number of benzene rings is 2. The zero-order valence-corrected chi connectivity index (χ0v) is 29.7. The second-order valence-electron chi connectivity index (χ2n) is 13.4. The van der Waals surface area contributed by atoms with Crippen molar-refractivity contribution < 1.29 is 13.6 Å². The number of aromatic nitrogens is 4. The van der Waals surface area contributed by atoms with Crippen molar-refractivity contribution in [1.82, 2.24) is 30.2 Å². The predicted molar refractivity (Wildman–Crippen MR) is 197 cm³/mol. The molecule has 2 fully saturated rings. The summed E-state index contributed by atoms with van der Waals surface area (Å²) >= 11 is 7.06. The van der Waals surface area contributed by atoms with Crippen LogP contribution in [0.5, 0.6) is 0 Å². The Kier molecular flexibility index (Phi) is 10.4. The molecule has 2 aromatic heterocycles. The summed E-state index contributed by atoms with van der Waals surface area (Å²) in [5, 5.41) is 35.3. The van der Waals surface area contributed by atoms with Crippen LogP contribution in [0, 0.1) is 35.5 Å². The van der Waals surface area contributed by atoms with Crippen molar-refractivity contribution in [1.29, 1.82) is 10.5 Å². The maximum atomic E-state index is 15.3. The predicted octanol–water partition coefficient (Wildman–Crippen LogP) is 6.39. The van der Waals surface area contributed by atoms with Crippen molar-refractivity contribution in [2.75, 3.05) is 0 Å². The van der Waals surface area contributed by atoms with Gasteiger partial charge < -0.3 is 16.0 Å². The number of nitrogens with one attached hydrogen (secondary N) is 2. The van der Waals surface area contributed by atoms with E-state index in [4.69, 9.17) is 22.3 Å². The largest absolute Gasteiger partial charge is 0.398 e. The minimum absolute atomic E-state index is 0.0635. The highest BCUT2D eigenvalue weighted by atomic mass is 35.5. The number of fused-ring (bicyclic) bond motifs is 2. The summed E-state index contributed by atoms with van der Waals surface area (Å²) < 4.78 is 32.3. The average Bonchev–Trinajstić information content (AvgIpc) is 3.68. The first kappa shape index (κ1) is 36.2. The van der Waals surface area contributed by atoms with E-state index in [9.17, 15) is 15.3 Å². The van der Waals surface area contributed by atoms with Crippen molar-refractivity contribution >= 4 is 63.1 Å². The second-order valence-corrected chi connectivity index (χ2v) is 13.8. The molecule has 4 unspecified atom stereocenters. The smallest absolute Gasteiger partial charge is 0.243 e. The Balaban J connectivity index is 1.44. The monoisotopic (exact) mass is 725 g/mol. The summed E-state index contributed by atoms with van der Waals surface area (Å²) in [6.07, 6.45) is 5.70. The van der Waals surface area contributed by atoms with Crippen LogP contribution in [-0.2, 0) is 11.8 Å². The van der Waals surface area contributed by atoms with Crippen LogP contribution in [0.15, 0.2) is 58.5 Å². The van der Waals surface area contributed by atoms with Crippen molar-refractivity contribution in [2.45, 2.75) is 76.4 Å². The molecule has 2 aromatic carbocycles. The lowest BCUT2D eigenvalue weighted by Crippen LogP contribution is -2.68. The first-order valence-electron chi connectivity index (χ1n) is 16.9. The van der Waals surface area contributed by atoms with E-state index in [1.807, 2.05) is 51.2 Å². The highest BCUT2D eigenvalue weighted by molar-refractivity contribution is 6.40. The van der Waals surface area contributed by atoms with E-state index in [2.05, 4.69) is 31.7 Å². The number of nitrogens with two attached hydrogens (primary N) is 1. The first-order valence-corrected chi connectivity index (χ1v) is 17.3. The zero-order chi connectivity index (χ0) is 37.2. The Morgan fingerprint density at radius 1 is 1.31 bits per heavy atom. The molecule has 0 bridgehead atoms. The van der Waals surface area contributed by atoms with Gasteiger partial charge in [-0.3, -0.25) is 19.6 Å². The lowest BCUT2D eigenvalue weighted by molar-refractivity contribution is -0.122. The normalized spacial score (nSPS) is 23.1. The number of rotatable bonds is 10. The van der Waals surface area contributed by atoms with Crippen molar-refractivity contribution in [3.63, 3.8) is 0 Å². The van der Waals surface area contributed by atoms with E-state index in [1.54, 1.807) is 22.0 Å². The number of likely N-dealkylation sites (tertiary alicyclic amines) is 1. The van der Waals surface area contributed by atoms with Gasteiger partial charge in [0.15, 0.2) is 5.70 Å². The van der Waals surface area contributed by atoms with Crippen LogP contribution in [-0.4, -0.2) is 67.4 Å². The van der Waals surface area contributed by atoms with Gasteiger partial charge in [-0.1, -0.05) is 17.7 Å². The van der Waals surface area contributed by atoms with Gasteiger partial charge in [-0.2, -0.15) is 20.7 Å². The van der Waals surface area contributed by atoms with E-state index in [-0.39, 0.29) is 24.6 Å². The van der Waals surface area contributed by atoms with Gasteiger partial charge in [-0.05, 0) is 75.3 Å². The number of carbonyl (C=O) groups excluding carboxylic acids is 1. The number of nitrogens with zero attached hydrogens (tertiary/aromatic N) is 8.